The molecule has 0 radical (unpaired) electrons. The predicted molar refractivity (Wildman–Crippen MR) is 156 cm³/mol. The van der Waals surface area contributed by atoms with Crippen molar-refractivity contribution in [2.24, 2.45) is 0 Å². The Kier molecular flexibility index (Phi) is 6.81. The van der Waals surface area contributed by atoms with Crippen molar-refractivity contribution in [3.63, 3.8) is 0 Å². The number of thiophene rings is 1. The van der Waals surface area contributed by atoms with Crippen LogP contribution >= 0.6 is 11.3 Å². The van der Waals surface area contributed by atoms with Crippen LogP contribution < -0.4 is 19.9 Å². The lowest BCUT2D eigenvalue weighted by Crippen LogP contribution is -2.47. The molecule has 2 aromatic carbocycles. The number of carbonyl (C=O) groups is 1. The van der Waals surface area contributed by atoms with Crippen molar-refractivity contribution < 1.29 is 9.53 Å². The number of hydrogen-bond acceptors (Lipinski definition) is 8. The van der Waals surface area contributed by atoms with E-state index >= 15 is 0 Å². The number of anilines is 3. The van der Waals surface area contributed by atoms with Crippen LogP contribution in [0.2, 0.25) is 0 Å². The van der Waals surface area contributed by atoms with Crippen LogP contribution in [0.1, 0.15) is 21.1 Å². The molecular formula is C30H28N6O2S. The number of aryl methyl sites for hydroxylation is 2. The third-order valence-corrected chi connectivity index (χ3v) is 7.92. The summed E-state index contributed by atoms with van der Waals surface area (Å²) in [7, 11) is 0. The number of aromatic nitrogens is 3. The van der Waals surface area contributed by atoms with Gasteiger partial charge in [-0.1, -0.05) is 24.3 Å². The van der Waals surface area contributed by atoms with Gasteiger partial charge in [0.1, 0.15) is 33.8 Å². The minimum Gasteiger partial charge on any atom is -0.457 e. The van der Waals surface area contributed by atoms with Crippen molar-refractivity contribution >= 4 is 44.8 Å². The fraction of sp³-hybridized carbons (Fsp3) is 0.200. The number of rotatable bonds is 6. The van der Waals surface area contributed by atoms with E-state index in [-0.39, 0.29) is 5.91 Å². The number of carbonyl (C=O) groups excluding carboxylic acids is 1. The zero-order chi connectivity index (χ0) is 26.8. The highest BCUT2D eigenvalue weighted by Crippen LogP contribution is 2.36. The Morgan fingerprint density at radius 1 is 0.846 bits per heavy atom. The summed E-state index contributed by atoms with van der Waals surface area (Å²) in [6.45, 7) is 7.22. The number of ether oxygens (including phenoxy) is 1. The van der Waals surface area contributed by atoms with Crippen LogP contribution in [-0.2, 0) is 0 Å². The van der Waals surface area contributed by atoms with Crippen LogP contribution in [0.3, 0.4) is 0 Å². The third-order valence-electron chi connectivity index (χ3n) is 6.73. The van der Waals surface area contributed by atoms with Gasteiger partial charge in [0, 0.05) is 38.1 Å². The first-order chi connectivity index (χ1) is 19.0. The number of nitrogens with one attached hydrogen (secondary N) is 1. The number of benzene rings is 2. The largest absolute Gasteiger partial charge is 0.457 e. The van der Waals surface area contributed by atoms with Gasteiger partial charge >= 0.3 is 0 Å². The lowest BCUT2D eigenvalue weighted by Gasteiger charge is -2.36. The van der Waals surface area contributed by atoms with Crippen LogP contribution in [0.15, 0.2) is 79.0 Å². The molecule has 1 aliphatic rings. The second-order valence-electron chi connectivity index (χ2n) is 9.39. The van der Waals surface area contributed by atoms with E-state index in [1.807, 2.05) is 92.8 Å². The molecule has 1 fully saturated rings. The van der Waals surface area contributed by atoms with Crippen molar-refractivity contribution in [3.8, 4) is 11.5 Å². The average Bonchev–Trinajstić information content (AvgIpc) is 3.30. The molecule has 5 aromatic rings. The molecule has 0 spiro atoms. The Labute approximate surface area is 230 Å². The number of amides is 1. The van der Waals surface area contributed by atoms with Gasteiger partial charge in [0.2, 0.25) is 0 Å². The fourth-order valence-electron chi connectivity index (χ4n) is 4.77. The van der Waals surface area contributed by atoms with Crippen molar-refractivity contribution in [2.75, 3.05) is 41.3 Å². The summed E-state index contributed by atoms with van der Waals surface area (Å²) in [5, 5.41) is 3.98. The summed E-state index contributed by atoms with van der Waals surface area (Å²) in [4.78, 5) is 33.4. The monoisotopic (exact) mass is 536 g/mol. The molecule has 196 valence electrons. The second kappa shape index (κ2) is 10.7. The van der Waals surface area contributed by atoms with E-state index in [0.29, 0.717) is 22.1 Å². The molecule has 1 amide bonds. The molecule has 1 aliphatic heterocycles. The Hall–Kier alpha value is -4.50. The minimum atomic E-state index is -0.157. The summed E-state index contributed by atoms with van der Waals surface area (Å²) < 4.78 is 5.86. The summed E-state index contributed by atoms with van der Waals surface area (Å²) in [5.41, 5.74) is 1.60. The van der Waals surface area contributed by atoms with Gasteiger partial charge in [-0.15, -0.1) is 11.3 Å². The van der Waals surface area contributed by atoms with E-state index < -0.39 is 0 Å². The van der Waals surface area contributed by atoms with E-state index in [9.17, 15) is 4.79 Å². The van der Waals surface area contributed by atoms with Crippen molar-refractivity contribution in [3.05, 3.63) is 95.3 Å². The minimum absolute atomic E-state index is 0.157. The molecule has 9 heteroatoms. The Morgan fingerprint density at radius 3 is 2.26 bits per heavy atom. The Bertz CT molecular complexity index is 1600. The molecule has 0 aliphatic carbocycles. The molecule has 8 nitrogen and oxygen atoms in total. The van der Waals surface area contributed by atoms with E-state index in [4.69, 9.17) is 9.72 Å². The first-order valence-corrected chi connectivity index (χ1v) is 13.7. The maximum atomic E-state index is 13.3. The van der Waals surface area contributed by atoms with Crippen LogP contribution in [-0.4, -0.2) is 47.0 Å². The standard InChI is InChI=1S/C30H28N6O2S/c1-20-26-28(36-18-16-35(17-19-36)25-10-6-7-15-31-25)32-21(2)33-30(26)39-27(20)29(37)34-22-11-13-24(14-12-22)38-23-8-4-3-5-9-23/h3-15H,16-19H2,1-2H3,(H,34,37). The first kappa shape index (κ1) is 24.8. The zero-order valence-corrected chi connectivity index (χ0v) is 22.6. The normalized spacial score (nSPS) is 13.5. The topological polar surface area (TPSA) is 83.5 Å². The maximum Gasteiger partial charge on any atom is 0.266 e. The van der Waals surface area contributed by atoms with E-state index in [2.05, 4.69) is 25.1 Å². The molecule has 0 bridgehead atoms. The number of piperazine rings is 1. The summed E-state index contributed by atoms with van der Waals surface area (Å²) >= 11 is 1.41. The first-order valence-electron chi connectivity index (χ1n) is 12.9. The van der Waals surface area contributed by atoms with Gasteiger partial charge in [0.05, 0.1) is 10.3 Å². The fourth-order valence-corrected chi connectivity index (χ4v) is 5.89. The highest BCUT2D eigenvalue weighted by molar-refractivity contribution is 7.20. The molecule has 39 heavy (non-hydrogen) atoms. The lowest BCUT2D eigenvalue weighted by atomic mass is 10.1. The van der Waals surface area contributed by atoms with E-state index in [0.717, 1.165) is 59.3 Å². The van der Waals surface area contributed by atoms with Gasteiger partial charge < -0.3 is 19.9 Å². The molecule has 6 rings (SSSR count). The molecule has 1 saturated heterocycles. The van der Waals surface area contributed by atoms with Crippen LogP contribution in [0.5, 0.6) is 11.5 Å². The summed E-state index contributed by atoms with van der Waals surface area (Å²) in [6, 6.07) is 23.0. The SMILES string of the molecule is Cc1nc(N2CCN(c3ccccn3)CC2)c2c(C)c(C(=O)Nc3ccc(Oc4ccccc4)cc3)sc2n1. The molecule has 4 heterocycles. The second-order valence-corrected chi connectivity index (χ2v) is 10.4. The van der Waals surface area contributed by atoms with E-state index in [1.165, 1.54) is 11.3 Å². The smallest absolute Gasteiger partial charge is 0.266 e. The Morgan fingerprint density at radius 2 is 1.54 bits per heavy atom. The van der Waals surface area contributed by atoms with Crippen molar-refractivity contribution in [2.45, 2.75) is 13.8 Å². The number of fused-ring (bicyclic) bond motifs is 1. The Balaban J connectivity index is 1.20. The van der Waals surface area contributed by atoms with Gasteiger partial charge in [0.15, 0.2) is 0 Å². The number of hydrogen-bond donors (Lipinski definition) is 1. The number of pyridine rings is 1. The molecule has 1 N–H and O–H groups in total. The quantitative estimate of drug-likeness (QED) is 0.282. The molecule has 3 aromatic heterocycles. The van der Waals surface area contributed by atoms with Gasteiger partial charge in [-0.3, -0.25) is 4.79 Å². The summed E-state index contributed by atoms with van der Waals surface area (Å²) in [5.74, 6) is 3.90. The highest BCUT2D eigenvalue weighted by atomic mass is 32.1. The van der Waals surface area contributed by atoms with Gasteiger partial charge in [-0.05, 0) is 67.9 Å². The molecule has 0 saturated carbocycles. The van der Waals surface area contributed by atoms with Crippen LogP contribution in [0, 0.1) is 13.8 Å². The lowest BCUT2D eigenvalue weighted by molar-refractivity contribution is 0.103. The van der Waals surface area contributed by atoms with Crippen molar-refractivity contribution in [1.29, 1.82) is 0 Å². The molecule has 0 unspecified atom stereocenters. The maximum absolute atomic E-state index is 13.3. The van der Waals surface area contributed by atoms with Crippen LogP contribution in [0.25, 0.3) is 10.2 Å². The number of nitrogens with zero attached hydrogens (tertiary/aromatic N) is 5. The number of para-hydroxylation sites is 1. The average molecular weight is 537 g/mol. The highest BCUT2D eigenvalue weighted by Gasteiger charge is 2.25. The van der Waals surface area contributed by atoms with Gasteiger partial charge in [0.25, 0.3) is 5.91 Å². The van der Waals surface area contributed by atoms with E-state index in [1.54, 1.807) is 0 Å². The van der Waals surface area contributed by atoms with Gasteiger partial charge in [-0.25, -0.2) is 15.0 Å². The van der Waals surface area contributed by atoms with Crippen LogP contribution in [0.4, 0.5) is 17.3 Å². The molecular weight excluding hydrogens is 508 g/mol. The predicted octanol–water partition coefficient (Wildman–Crippen LogP) is 6.07. The molecule has 0 atom stereocenters. The summed E-state index contributed by atoms with van der Waals surface area (Å²) in [6.07, 6.45) is 1.83. The van der Waals surface area contributed by atoms with Crippen molar-refractivity contribution in [1.82, 2.24) is 15.0 Å². The zero-order valence-electron chi connectivity index (χ0n) is 21.8. The third kappa shape index (κ3) is 5.26. The van der Waals surface area contributed by atoms with Gasteiger partial charge in [-0.2, -0.15) is 0 Å².